The van der Waals surface area contributed by atoms with E-state index in [9.17, 15) is 4.79 Å². The zero-order valence-electron chi connectivity index (χ0n) is 15.1. The van der Waals surface area contributed by atoms with Crippen molar-refractivity contribution in [3.05, 3.63) is 54.1 Å². The quantitative estimate of drug-likeness (QED) is 0.897. The van der Waals surface area contributed by atoms with E-state index >= 15 is 0 Å². The molecule has 0 aromatic heterocycles. The number of nitrogens with zero attached hydrogens (tertiary/aromatic N) is 2. The van der Waals surface area contributed by atoms with Crippen molar-refractivity contribution in [3.63, 3.8) is 0 Å². The Morgan fingerprint density at radius 2 is 2.00 bits per heavy atom. The molecule has 1 aliphatic rings. The summed E-state index contributed by atoms with van der Waals surface area (Å²) in [5, 5.41) is 2.92. The topological polar surface area (TPSA) is 63.2 Å². The fraction of sp³-hybridized carbons (Fsp3) is 0.300. The molecule has 0 atom stereocenters. The first-order valence-electron chi connectivity index (χ1n) is 8.71. The highest BCUT2D eigenvalue weighted by Crippen LogP contribution is 2.21. The molecule has 26 heavy (non-hydrogen) atoms. The van der Waals surface area contributed by atoms with E-state index in [2.05, 4.69) is 10.3 Å². The SMILES string of the molecule is CCOc1ccc(N2CCCN=C2NC(=O)c2cccc(OC)c2)cc1. The van der Waals surface area contributed by atoms with Gasteiger partial charge >= 0.3 is 0 Å². The third-order valence-corrected chi connectivity index (χ3v) is 4.07. The molecule has 3 rings (SSSR count). The van der Waals surface area contributed by atoms with Gasteiger partial charge in [0.1, 0.15) is 11.5 Å². The molecule has 136 valence electrons. The van der Waals surface area contributed by atoms with Gasteiger partial charge in [0.2, 0.25) is 5.96 Å². The van der Waals surface area contributed by atoms with Gasteiger partial charge in [0.05, 0.1) is 13.7 Å². The molecular weight excluding hydrogens is 330 g/mol. The highest BCUT2D eigenvalue weighted by atomic mass is 16.5. The number of hydrogen-bond acceptors (Lipinski definition) is 5. The second-order valence-electron chi connectivity index (χ2n) is 5.82. The monoisotopic (exact) mass is 353 g/mol. The summed E-state index contributed by atoms with van der Waals surface area (Å²) in [4.78, 5) is 19.1. The van der Waals surface area contributed by atoms with Crippen LogP contribution in [0.4, 0.5) is 5.69 Å². The van der Waals surface area contributed by atoms with Gasteiger partial charge in [-0.2, -0.15) is 0 Å². The van der Waals surface area contributed by atoms with Gasteiger partial charge in [-0.15, -0.1) is 0 Å². The van der Waals surface area contributed by atoms with Gasteiger partial charge in [0.25, 0.3) is 5.91 Å². The van der Waals surface area contributed by atoms with Crippen molar-refractivity contribution >= 4 is 17.6 Å². The summed E-state index contributed by atoms with van der Waals surface area (Å²) < 4.78 is 10.7. The molecule has 0 spiro atoms. The molecule has 0 unspecified atom stereocenters. The van der Waals surface area contributed by atoms with Crippen molar-refractivity contribution in [2.24, 2.45) is 4.99 Å². The van der Waals surface area contributed by atoms with E-state index < -0.39 is 0 Å². The third-order valence-electron chi connectivity index (χ3n) is 4.07. The average molecular weight is 353 g/mol. The summed E-state index contributed by atoms with van der Waals surface area (Å²) in [7, 11) is 1.58. The Kier molecular flexibility index (Phi) is 5.73. The van der Waals surface area contributed by atoms with E-state index in [0.29, 0.717) is 30.4 Å². The molecule has 6 nitrogen and oxygen atoms in total. The van der Waals surface area contributed by atoms with Crippen LogP contribution in [0, 0.1) is 0 Å². The summed E-state index contributed by atoms with van der Waals surface area (Å²) in [6.45, 7) is 4.08. The van der Waals surface area contributed by atoms with E-state index in [4.69, 9.17) is 9.47 Å². The largest absolute Gasteiger partial charge is 0.497 e. The molecule has 0 radical (unpaired) electrons. The molecule has 6 heteroatoms. The van der Waals surface area contributed by atoms with E-state index in [0.717, 1.165) is 24.4 Å². The van der Waals surface area contributed by atoms with Gasteiger partial charge in [-0.1, -0.05) is 6.07 Å². The third kappa shape index (κ3) is 4.14. The number of anilines is 1. The van der Waals surface area contributed by atoms with E-state index in [1.165, 1.54) is 0 Å². The van der Waals surface area contributed by atoms with E-state index in [1.54, 1.807) is 31.4 Å². The Labute approximate surface area is 153 Å². The average Bonchev–Trinajstić information content (AvgIpc) is 2.69. The molecule has 1 N–H and O–H groups in total. The van der Waals surface area contributed by atoms with Crippen molar-refractivity contribution in [2.45, 2.75) is 13.3 Å². The van der Waals surface area contributed by atoms with Gasteiger partial charge in [0.15, 0.2) is 0 Å². The predicted molar refractivity (Wildman–Crippen MR) is 102 cm³/mol. The van der Waals surface area contributed by atoms with Crippen molar-refractivity contribution in [1.82, 2.24) is 5.32 Å². The molecule has 2 aromatic carbocycles. The Morgan fingerprint density at radius 1 is 1.19 bits per heavy atom. The maximum Gasteiger partial charge on any atom is 0.258 e. The van der Waals surface area contributed by atoms with Gasteiger partial charge in [-0.25, -0.2) is 0 Å². The van der Waals surface area contributed by atoms with E-state index in [1.807, 2.05) is 36.1 Å². The maximum atomic E-state index is 12.6. The van der Waals surface area contributed by atoms with Gasteiger partial charge in [0, 0.05) is 24.3 Å². The Morgan fingerprint density at radius 3 is 2.73 bits per heavy atom. The second-order valence-corrected chi connectivity index (χ2v) is 5.82. The Bertz CT molecular complexity index is 787. The van der Waals surface area contributed by atoms with Crippen molar-refractivity contribution in [3.8, 4) is 11.5 Å². The maximum absolute atomic E-state index is 12.6. The Balaban J connectivity index is 1.76. The van der Waals surface area contributed by atoms with Crippen LogP contribution in [0.1, 0.15) is 23.7 Å². The summed E-state index contributed by atoms with van der Waals surface area (Å²) in [6.07, 6.45) is 0.936. The zero-order chi connectivity index (χ0) is 18.4. The van der Waals surface area contributed by atoms with Gasteiger partial charge in [-0.05, 0) is 55.8 Å². The molecule has 1 heterocycles. The van der Waals surface area contributed by atoms with Crippen molar-refractivity contribution in [1.29, 1.82) is 0 Å². The second kappa shape index (κ2) is 8.38. The van der Waals surface area contributed by atoms with Crippen molar-refractivity contribution < 1.29 is 14.3 Å². The molecule has 0 saturated carbocycles. The van der Waals surface area contributed by atoms with Gasteiger partial charge < -0.3 is 14.4 Å². The fourth-order valence-corrected chi connectivity index (χ4v) is 2.79. The molecule has 0 aliphatic carbocycles. The fourth-order valence-electron chi connectivity index (χ4n) is 2.79. The highest BCUT2D eigenvalue weighted by Gasteiger charge is 2.20. The van der Waals surface area contributed by atoms with Crippen molar-refractivity contribution in [2.75, 3.05) is 31.7 Å². The number of hydrogen-bond donors (Lipinski definition) is 1. The summed E-state index contributed by atoms with van der Waals surface area (Å²) >= 11 is 0. The molecular formula is C20H23N3O3. The lowest BCUT2D eigenvalue weighted by Gasteiger charge is -2.29. The smallest absolute Gasteiger partial charge is 0.258 e. The zero-order valence-corrected chi connectivity index (χ0v) is 15.1. The number of amides is 1. The number of nitrogens with one attached hydrogen (secondary N) is 1. The minimum atomic E-state index is -0.208. The summed E-state index contributed by atoms with van der Waals surface area (Å²) in [6, 6.07) is 14.9. The van der Waals surface area contributed by atoms with Crippen LogP contribution in [0.25, 0.3) is 0 Å². The Hall–Kier alpha value is -3.02. The van der Waals surface area contributed by atoms with Crippen LogP contribution >= 0.6 is 0 Å². The number of rotatable bonds is 5. The van der Waals surface area contributed by atoms with Gasteiger partial charge in [-0.3, -0.25) is 15.1 Å². The summed E-state index contributed by atoms with van der Waals surface area (Å²) in [5.74, 6) is 1.83. The first kappa shape index (κ1) is 17.8. The molecule has 0 fully saturated rings. The van der Waals surface area contributed by atoms with Crippen LogP contribution in [0.2, 0.25) is 0 Å². The first-order valence-corrected chi connectivity index (χ1v) is 8.71. The van der Waals surface area contributed by atoms with Crippen LogP contribution in [0.5, 0.6) is 11.5 Å². The lowest BCUT2D eigenvalue weighted by atomic mass is 10.2. The molecule has 1 amide bonds. The summed E-state index contributed by atoms with van der Waals surface area (Å²) in [5.41, 5.74) is 1.50. The normalized spacial score (nSPS) is 13.8. The lowest BCUT2D eigenvalue weighted by Crippen LogP contribution is -2.47. The molecule has 2 aromatic rings. The number of benzene rings is 2. The van der Waals surface area contributed by atoms with E-state index in [-0.39, 0.29) is 5.91 Å². The van der Waals surface area contributed by atoms with Crippen LogP contribution in [-0.2, 0) is 0 Å². The number of ether oxygens (including phenoxy) is 2. The van der Waals surface area contributed by atoms with Crippen LogP contribution in [0.15, 0.2) is 53.5 Å². The molecule has 0 bridgehead atoms. The predicted octanol–water partition coefficient (Wildman–Crippen LogP) is 3.09. The highest BCUT2D eigenvalue weighted by molar-refractivity contribution is 6.11. The molecule has 1 aliphatic heterocycles. The van der Waals surface area contributed by atoms with Crippen LogP contribution in [-0.4, -0.2) is 38.7 Å². The number of guanidine groups is 1. The minimum Gasteiger partial charge on any atom is -0.497 e. The van der Waals surface area contributed by atoms with Crippen LogP contribution in [0.3, 0.4) is 0 Å². The standard InChI is InChI=1S/C20H23N3O3/c1-3-26-17-10-8-16(9-11-17)23-13-5-12-21-20(23)22-19(24)15-6-4-7-18(14-15)25-2/h4,6-11,14H,3,5,12-13H2,1-2H3,(H,21,22,24). The lowest BCUT2D eigenvalue weighted by molar-refractivity contribution is 0.0975. The first-order chi connectivity index (χ1) is 12.7. The number of carbonyl (C=O) groups is 1. The number of methoxy groups -OCH3 is 1. The van der Waals surface area contributed by atoms with Crippen LogP contribution < -0.4 is 19.7 Å². The number of carbonyl (C=O) groups excluding carboxylic acids is 1. The number of aliphatic imine (C=N–C) groups is 1. The molecule has 0 saturated heterocycles. The minimum absolute atomic E-state index is 0.208.